The molecule has 1 aromatic rings. The highest BCUT2D eigenvalue weighted by Gasteiger charge is 2.29. The Morgan fingerprint density at radius 1 is 1.22 bits per heavy atom. The Balaban J connectivity index is 1.56. The van der Waals surface area contributed by atoms with Gasteiger partial charge in [-0.15, -0.1) is 0 Å². The Bertz CT molecular complexity index is 546. The lowest BCUT2D eigenvalue weighted by Gasteiger charge is -2.41. The second-order valence-corrected chi connectivity index (χ2v) is 7.17. The van der Waals surface area contributed by atoms with Crippen molar-refractivity contribution in [1.82, 2.24) is 15.1 Å². The molecule has 0 saturated carbocycles. The highest BCUT2D eigenvalue weighted by Crippen LogP contribution is 2.21. The molecule has 2 fully saturated rings. The van der Waals surface area contributed by atoms with Crippen molar-refractivity contribution in [3.05, 3.63) is 23.2 Å². The van der Waals surface area contributed by atoms with Gasteiger partial charge in [0.25, 0.3) is 5.91 Å². The normalized spacial score (nSPS) is 24.7. The van der Waals surface area contributed by atoms with Crippen molar-refractivity contribution in [3.63, 3.8) is 0 Å². The van der Waals surface area contributed by atoms with Crippen LogP contribution in [-0.2, 0) is 0 Å². The molecule has 5 nitrogen and oxygen atoms in total. The number of nitrogens with one attached hydrogen (secondary N) is 1. The van der Waals surface area contributed by atoms with E-state index in [-0.39, 0.29) is 11.9 Å². The third kappa shape index (κ3) is 3.96. The molecule has 1 N–H and O–H groups in total. The fourth-order valence-corrected chi connectivity index (χ4v) is 3.94. The molecule has 0 bridgehead atoms. The lowest BCUT2D eigenvalue weighted by atomic mass is 9.98. The van der Waals surface area contributed by atoms with Gasteiger partial charge in [-0.25, -0.2) is 0 Å². The molecule has 1 amide bonds. The summed E-state index contributed by atoms with van der Waals surface area (Å²) in [4.78, 5) is 17.5. The van der Waals surface area contributed by atoms with Gasteiger partial charge in [-0.2, -0.15) is 0 Å². The van der Waals surface area contributed by atoms with Crippen LogP contribution in [0.2, 0.25) is 0 Å². The number of carbonyl (C=O) groups is 1. The van der Waals surface area contributed by atoms with Crippen LogP contribution in [-0.4, -0.2) is 61.0 Å². The first-order valence-electron chi connectivity index (χ1n) is 8.83. The summed E-state index contributed by atoms with van der Waals surface area (Å²) in [7, 11) is 2.20. The van der Waals surface area contributed by atoms with Crippen molar-refractivity contribution in [3.8, 4) is 0 Å². The summed E-state index contributed by atoms with van der Waals surface area (Å²) in [6, 6.07) is 2.77. The zero-order chi connectivity index (χ0) is 16.4. The van der Waals surface area contributed by atoms with Crippen LogP contribution in [0.25, 0.3) is 0 Å². The largest absolute Gasteiger partial charge is 0.466 e. The van der Waals surface area contributed by atoms with E-state index >= 15 is 0 Å². The van der Waals surface area contributed by atoms with Gasteiger partial charge in [-0.3, -0.25) is 9.69 Å². The molecule has 1 unspecified atom stereocenters. The van der Waals surface area contributed by atoms with Crippen molar-refractivity contribution in [1.29, 1.82) is 0 Å². The van der Waals surface area contributed by atoms with Crippen LogP contribution in [0, 0.1) is 13.8 Å². The molecule has 3 rings (SSSR count). The molecule has 3 heterocycles. The van der Waals surface area contributed by atoms with Gasteiger partial charge in [0.2, 0.25) is 0 Å². The molecule has 5 heteroatoms. The van der Waals surface area contributed by atoms with Crippen molar-refractivity contribution in [2.75, 3.05) is 33.2 Å². The Labute approximate surface area is 139 Å². The molecular formula is C18H29N3O2. The first-order valence-corrected chi connectivity index (χ1v) is 8.83. The van der Waals surface area contributed by atoms with E-state index in [1.807, 2.05) is 19.9 Å². The lowest BCUT2D eigenvalue weighted by molar-refractivity contribution is 0.0765. The van der Waals surface area contributed by atoms with Crippen LogP contribution in [0.4, 0.5) is 0 Å². The molecular weight excluding hydrogens is 290 g/mol. The van der Waals surface area contributed by atoms with Crippen LogP contribution >= 0.6 is 0 Å². The van der Waals surface area contributed by atoms with Crippen LogP contribution in [0.3, 0.4) is 0 Å². The van der Waals surface area contributed by atoms with Crippen LogP contribution in [0.5, 0.6) is 0 Å². The molecule has 1 aromatic heterocycles. The smallest absolute Gasteiger partial charge is 0.255 e. The molecule has 0 spiro atoms. The van der Waals surface area contributed by atoms with Crippen molar-refractivity contribution < 1.29 is 9.21 Å². The van der Waals surface area contributed by atoms with E-state index in [9.17, 15) is 4.79 Å². The molecule has 2 aliphatic rings. The first kappa shape index (κ1) is 16.5. The number of hydrogen-bond acceptors (Lipinski definition) is 4. The number of amides is 1. The number of hydrogen-bond donors (Lipinski definition) is 1. The summed E-state index contributed by atoms with van der Waals surface area (Å²) >= 11 is 0. The maximum Gasteiger partial charge on any atom is 0.255 e. The van der Waals surface area contributed by atoms with Crippen LogP contribution < -0.4 is 5.32 Å². The van der Waals surface area contributed by atoms with Gasteiger partial charge in [-0.1, -0.05) is 0 Å². The number of furan rings is 1. The second kappa shape index (κ2) is 7.05. The summed E-state index contributed by atoms with van der Waals surface area (Å²) < 4.78 is 5.48. The minimum absolute atomic E-state index is 0.00887. The summed E-state index contributed by atoms with van der Waals surface area (Å²) in [6.07, 6.45) is 4.74. The molecule has 0 aromatic carbocycles. The standard InChI is InChI=1S/C18H29N3O2/c1-13-11-17(14(2)23-13)18(22)19-15-5-4-8-21(12-15)16-6-9-20(3)10-7-16/h11,15-16H,4-10,12H2,1-3H3,(H,19,22). The highest BCUT2D eigenvalue weighted by atomic mass is 16.3. The fourth-order valence-electron chi connectivity index (χ4n) is 3.94. The number of likely N-dealkylation sites (tertiary alicyclic amines) is 2. The minimum Gasteiger partial charge on any atom is -0.466 e. The van der Waals surface area contributed by atoms with E-state index < -0.39 is 0 Å². The van der Waals surface area contributed by atoms with Gasteiger partial charge in [-0.05, 0) is 72.3 Å². The number of aryl methyl sites for hydroxylation is 2. The Kier molecular flexibility index (Phi) is 5.07. The zero-order valence-electron chi connectivity index (χ0n) is 14.6. The molecule has 0 aliphatic carbocycles. The molecule has 128 valence electrons. The summed E-state index contributed by atoms with van der Waals surface area (Å²) in [5.41, 5.74) is 0.680. The van der Waals surface area contributed by atoms with E-state index in [1.165, 1.54) is 38.9 Å². The third-order valence-corrected chi connectivity index (χ3v) is 5.28. The Morgan fingerprint density at radius 3 is 2.61 bits per heavy atom. The van der Waals surface area contributed by atoms with E-state index in [0.717, 1.165) is 18.7 Å². The monoisotopic (exact) mass is 319 g/mol. The van der Waals surface area contributed by atoms with E-state index in [4.69, 9.17) is 4.42 Å². The maximum atomic E-state index is 12.5. The average molecular weight is 319 g/mol. The fraction of sp³-hybridized carbons (Fsp3) is 0.722. The van der Waals surface area contributed by atoms with Crippen LogP contribution in [0.1, 0.15) is 47.6 Å². The van der Waals surface area contributed by atoms with Gasteiger partial charge >= 0.3 is 0 Å². The van der Waals surface area contributed by atoms with Gasteiger partial charge in [0, 0.05) is 18.6 Å². The predicted octanol–water partition coefficient (Wildman–Crippen LogP) is 2.18. The Morgan fingerprint density at radius 2 is 1.96 bits per heavy atom. The molecule has 0 radical (unpaired) electrons. The van der Waals surface area contributed by atoms with E-state index in [2.05, 4.69) is 22.2 Å². The predicted molar refractivity (Wildman–Crippen MR) is 90.8 cm³/mol. The number of nitrogens with zero attached hydrogens (tertiary/aromatic N) is 2. The summed E-state index contributed by atoms with van der Waals surface area (Å²) in [5.74, 6) is 1.52. The summed E-state index contributed by atoms with van der Waals surface area (Å²) in [5, 5.41) is 3.22. The molecule has 23 heavy (non-hydrogen) atoms. The van der Waals surface area contributed by atoms with E-state index in [0.29, 0.717) is 17.4 Å². The van der Waals surface area contributed by atoms with Gasteiger partial charge in [0.15, 0.2) is 0 Å². The minimum atomic E-state index is 0.00887. The number of piperidine rings is 2. The average Bonchev–Trinajstić information content (AvgIpc) is 2.87. The van der Waals surface area contributed by atoms with Crippen LogP contribution in [0.15, 0.2) is 10.5 Å². The number of carbonyl (C=O) groups excluding carboxylic acids is 1. The van der Waals surface area contributed by atoms with Gasteiger partial charge < -0.3 is 14.6 Å². The Hall–Kier alpha value is -1.33. The molecule has 2 aliphatic heterocycles. The molecule has 2 saturated heterocycles. The lowest BCUT2D eigenvalue weighted by Crippen LogP contribution is -2.53. The zero-order valence-corrected chi connectivity index (χ0v) is 14.6. The third-order valence-electron chi connectivity index (χ3n) is 5.28. The van der Waals surface area contributed by atoms with Crippen molar-refractivity contribution in [2.45, 2.75) is 51.6 Å². The highest BCUT2D eigenvalue weighted by molar-refractivity contribution is 5.95. The molecule has 1 atom stereocenters. The first-order chi connectivity index (χ1) is 11.0. The summed E-state index contributed by atoms with van der Waals surface area (Å²) in [6.45, 7) is 8.26. The van der Waals surface area contributed by atoms with Crippen molar-refractivity contribution in [2.24, 2.45) is 0 Å². The maximum absolute atomic E-state index is 12.5. The second-order valence-electron chi connectivity index (χ2n) is 7.17. The quantitative estimate of drug-likeness (QED) is 0.928. The van der Waals surface area contributed by atoms with E-state index in [1.54, 1.807) is 0 Å². The topological polar surface area (TPSA) is 48.7 Å². The van der Waals surface area contributed by atoms with Gasteiger partial charge in [0.05, 0.1) is 5.56 Å². The van der Waals surface area contributed by atoms with Gasteiger partial charge in [0.1, 0.15) is 11.5 Å². The number of rotatable bonds is 3. The van der Waals surface area contributed by atoms with Crippen molar-refractivity contribution >= 4 is 5.91 Å². The SMILES string of the molecule is Cc1cc(C(=O)NC2CCCN(C3CCN(C)CC3)C2)c(C)o1.